The molecule has 2 amide bonds. The molecule has 0 atom stereocenters. The van der Waals surface area contributed by atoms with Gasteiger partial charge in [-0.15, -0.1) is 90.7 Å². The normalized spacial score (nSPS) is 15.5. The fraction of sp³-hybridized carbons (Fsp3) is 0.259. The van der Waals surface area contributed by atoms with E-state index in [4.69, 9.17) is 34.4 Å². The average molecular weight is 1170 g/mol. The van der Waals surface area contributed by atoms with Crippen molar-refractivity contribution in [1.29, 1.82) is 0 Å². The Hall–Kier alpha value is -3.50. The lowest BCUT2D eigenvalue weighted by molar-refractivity contribution is -0.123. The molecule has 1 aromatic carbocycles. The summed E-state index contributed by atoms with van der Waals surface area (Å²) in [5, 5.41) is 4.53. The van der Waals surface area contributed by atoms with Crippen molar-refractivity contribution in [3.05, 3.63) is 105 Å². The molecule has 6 nitrogen and oxygen atoms in total. The van der Waals surface area contributed by atoms with Crippen LogP contribution in [0, 0.1) is 0 Å². The van der Waals surface area contributed by atoms with E-state index in [2.05, 4.69) is 86.6 Å². The second-order valence-corrected chi connectivity index (χ2v) is 29.4. The zero-order valence-electron chi connectivity index (χ0n) is 39.2. The van der Waals surface area contributed by atoms with Crippen LogP contribution < -0.4 is 0 Å². The third-order valence-corrected chi connectivity index (χ3v) is 24.6. The highest BCUT2D eigenvalue weighted by atomic mass is 32.2. The number of fused-ring (bicyclic) bond motifs is 2. The summed E-state index contributed by atoms with van der Waals surface area (Å²) in [5.74, 6) is 0.0727. The van der Waals surface area contributed by atoms with Crippen LogP contribution in [-0.4, -0.2) is 53.3 Å². The first kappa shape index (κ1) is 50.6. The first-order chi connectivity index (χ1) is 35.2. The summed E-state index contributed by atoms with van der Waals surface area (Å²) in [6.07, 6.45) is 19.6. The number of aromatic nitrogens is 2. The number of thioether (sulfide) groups is 2. The minimum absolute atomic E-state index is 0.0363. The summed E-state index contributed by atoms with van der Waals surface area (Å²) < 4.78 is 3.84. The second kappa shape index (κ2) is 22.8. The second-order valence-electron chi connectivity index (χ2n) is 17.4. The molecule has 0 saturated carbocycles. The molecule has 10 heterocycles. The maximum absolute atomic E-state index is 13.2. The zero-order valence-corrected chi connectivity index (χ0v) is 49.0. The van der Waals surface area contributed by atoms with Gasteiger partial charge in [0, 0.05) is 73.9 Å². The van der Waals surface area contributed by atoms with E-state index in [1.54, 1.807) is 100 Å². The molecule has 0 radical (unpaired) electrons. The van der Waals surface area contributed by atoms with Crippen LogP contribution in [0.25, 0.3) is 91.1 Å². The van der Waals surface area contributed by atoms with E-state index < -0.39 is 0 Å². The van der Waals surface area contributed by atoms with Gasteiger partial charge in [0.2, 0.25) is 0 Å². The Labute approximate surface area is 470 Å². The number of amides is 2. The Morgan fingerprint density at radius 1 is 0.444 bits per heavy atom. The molecular formula is C54H46N4O2S12. The standard InChI is InChI=1S/C54H46N4O2S12/c1-3-5-7-9-11-21-57-51(59)45(71-53(57)61)27-33-13-15-35(63-33)37-17-19-39(65-37)47-29-55-49(69-47)43-25-31-23-42-32(24-41(31)67-43)26-44(68-42)50-56-30-48(70-50)40-20-18-38(66-40)36-16-14-34(64-36)28-46-52(60)58(54(62)72-46)22-12-10-8-6-4-2/h13-20,23-30H,3-12,21-22H2,1-2H3/b45-27-,46-28-. The van der Waals surface area contributed by atoms with Gasteiger partial charge in [-0.1, -0.05) is 113 Å². The number of carbonyl (C=O) groups excluding carboxylic acids is 2. The number of thiocarbonyl (C=S) groups is 2. The number of benzene rings is 1. The molecule has 2 aliphatic rings. The predicted molar refractivity (Wildman–Crippen MR) is 330 cm³/mol. The van der Waals surface area contributed by atoms with E-state index >= 15 is 0 Å². The maximum Gasteiger partial charge on any atom is 0.266 e. The minimum Gasteiger partial charge on any atom is -0.293 e. The number of unbranched alkanes of at least 4 members (excludes halogenated alkanes) is 8. The highest BCUT2D eigenvalue weighted by molar-refractivity contribution is 8.27. The molecule has 366 valence electrons. The third-order valence-electron chi connectivity index (χ3n) is 12.3. The monoisotopic (exact) mass is 1170 g/mol. The molecule has 11 rings (SSSR count). The topological polar surface area (TPSA) is 66.4 Å². The quantitative estimate of drug-likeness (QED) is 0.0425. The van der Waals surface area contributed by atoms with E-state index in [9.17, 15) is 9.59 Å². The molecule has 2 saturated heterocycles. The first-order valence-electron chi connectivity index (χ1n) is 24.0. The zero-order chi connectivity index (χ0) is 49.3. The number of rotatable bonds is 20. The molecule has 0 N–H and O–H groups in total. The molecule has 8 aromatic heterocycles. The van der Waals surface area contributed by atoms with E-state index in [0.29, 0.717) is 31.5 Å². The highest BCUT2D eigenvalue weighted by Crippen LogP contribution is 2.47. The summed E-state index contributed by atoms with van der Waals surface area (Å²) in [4.78, 5) is 55.2. The van der Waals surface area contributed by atoms with Gasteiger partial charge in [0.1, 0.15) is 18.7 Å². The Kier molecular flexibility index (Phi) is 16.0. The Bertz CT molecular complexity index is 3270. The van der Waals surface area contributed by atoms with Crippen molar-refractivity contribution in [1.82, 2.24) is 19.8 Å². The Morgan fingerprint density at radius 2 is 0.833 bits per heavy atom. The molecule has 0 aliphatic carbocycles. The molecule has 0 unspecified atom stereocenters. The third kappa shape index (κ3) is 11.1. The molecule has 18 heteroatoms. The molecular weight excluding hydrogens is 1120 g/mol. The molecule has 2 fully saturated rings. The van der Waals surface area contributed by atoms with Gasteiger partial charge in [-0.05, 0) is 109 Å². The number of thiophene rings is 6. The largest absolute Gasteiger partial charge is 0.293 e. The lowest BCUT2D eigenvalue weighted by Crippen LogP contribution is -2.28. The van der Waals surface area contributed by atoms with Crippen molar-refractivity contribution in [3.63, 3.8) is 0 Å². The number of carbonyl (C=O) groups is 2. The average Bonchev–Trinajstić information content (AvgIpc) is 4.20. The van der Waals surface area contributed by atoms with Gasteiger partial charge in [-0.25, -0.2) is 9.97 Å². The smallest absolute Gasteiger partial charge is 0.266 e. The van der Waals surface area contributed by atoms with E-state index in [-0.39, 0.29) is 11.8 Å². The first-order valence-corrected chi connectivity index (χ1v) is 33.0. The van der Waals surface area contributed by atoms with Crippen LogP contribution in [0.15, 0.2) is 95.0 Å². The van der Waals surface area contributed by atoms with Crippen molar-refractivity contribution < 1.29 is 9.59 Å². The van der Waals surface area contributed by atoms with Gasteiger partial charge in [0.25, 0.3) is 11.8 Å². The Balaban J connectivity index is 0.719. The van der Waals surface area contributed by atoms with Crippen molar-refractivity contribution in [2.45, 2.75) is 78.1 Å². The van der Waals surface area contributed by atoms with Gasteiger partial charge in [-0.3, -0.25) is 19.4 Å². The molecule has 9 aromatic rings. The van der Waals surface area contributed by atoms with Crippen LogP contribution >= 0.6 is 139 Å². The fourth-order valence-corrected chi connectivity index (χ4v) is 19.6. The van der Waals surface area contributed by atoms with E-state index in [0.717, 1.165) is 55.2 Å². The van der Waals surface area contributed by atoms with Crippen molar-refractivity contribution in [3.8, 4) is 58.8 Å². The molecule has 0 bridgehead atoms. The van der Waals surface area contributed by atoms with Crippen molar-refractivity contribution in [2.24, 2.45) is 0 Å². The Morgan fingerprint density at radius 3 is 1.26 bits per heavy atom. The van der Waals surface area contributed by atoms with Crippen LogP contribution in [0.2, 0.25) is 0 Å². The van der Waals surface area contributed by atoms with E-state index in [1.807, 2.05) is 24.5 Å². The van der Waals surface area contributed by atoms with Crippen molar-refractivity contribution >= 4 is 191 Å². The van der Waals surface area contributed by atoms with E-state index in [1.165, 1.54) is 121 Å². The highest BCUT2D eigenvalue weighted by Gasteiger charge is 2.33. The summed E-state index contributed by atoms with van der Waals surface area (Å²) in [6, 6.07) is 26.5. The molecule has 0 spiro atoms. The van der Waals surface area contributed by atoms with Crippen LogP contribution in [0.4, 0.5) is 0 Å². The van der Waals surface area contributed by atoms with Crippen LogP contribution in [0.1, 0.15) is 87.8 Å². The predicted octanol–water partition coefficient (Wildman–Crippen LogP) is 19.6. The SMILES string of the molecule is CCCCCCCN1C(=O)/C(=C/c2ccc(-c3ccc(-c4cnc(-c5cc6cc7sc(-c8ncc(-c9ccc(-c%10ccc(/C=C%11\SC(=S)N(CCCCCCC)C%11=O)s%10)s9)s8)cc7cc6s5)s4)s3)s2)SC1=S. The number of nitrogens with zero attached hydrogens (tertiary/aromatic N) is 4. The van der Waals surface area contributed by atoms with Gasteiger partial charge in [0.15, 0.2) is 0 Å². The van der Waals surface area contributed by atoms with Gasteiger partial charge >= 0.3 is 0 Å². The molecule has 72 heavy (non-hydrogen) atoms. The lowest BCUT2D eigenvalue weighted by atomic mass is 10.1. The summed E-state index contributed by atoms with van der Waals surface area (Å²) >= 11 is 28.1. The fourth-order valence-electron chi connectivity index (χ4n) is 8.51. The number of hydrogen-bond acceptors (Lipinski definition) is 16. The summed E-state index contributed by atoms with van der Waals surface area (Å²) in [7, 11) is 0. The van der Waals surface area contributed by atoms with Gasteiger partial charge in [-0.2, -0.15) is 0 Å². The minimum atomic E-state index is 0.0363. The number of thiazole rings is 2. The van der Waals surface area contributed by atoms with Crippen LogP contribution in [-0.2, 0) is 9.59 Å². The summed E-state index contributed by atoms with van der Waals surface area (Å²) in [5.41, 5.74) is 0. The van der Waals surface area contributed by atoms with Crippen LogP contribution in [0.3, 0.4) is 0 Å². The maximum atomic E-state index is 13.2. The number of hydrogen-bond donors (Lipinski definition) is 0. The molecule has 2 aliphatic heterocycles. The van der Waals surface area contributed by atoms with Crippen molar-refractivity contribution in [2.75, 3.05) is 13.1 Å². The summed E-state index contributed by atoms with van der Waals surface area (Å²) in [6.45, 7) is 5.84. The van der Waals surface area contributed by atoms with Crippen LogP contribution in [0.5, 0.6) is 0 Å². The van der Waals surface area contributed by atoms with Gasteiger partial charge in [0.05, 0.1) is 29.3 Å². The van der Waals surface area contributed by atoms with Gasteiger partial charge < -0.3 is 0 Å². The lowest BCUT2D eigenvalue weighted by Gasteiger charge is -2.13.